The zero-order chi connectivity index (χ0) is 15.6. The van der Waals surface area contributed by atoms with Crippen molar-refractivity contribution >= 4 is 37.3 Å². The molecule has 0 radical (unpaired) electrons. The highest BCUT2D eigenvalue weighted by molar-refractivity contribution is 9.10. The molecule has 0 saturated carbocycles. The summed E-state index contributed by atoms with van der Waals surface area (Å²) >= 11 is 3.41. The van der Waals surface area contributed by atoms with E-state index in [0.29, 0.717) is 11.4 Å². The topological polar surface area (TPSA) is 58.2 Å². The Morgan fingerprint density at radius 1 is 1.05 bits per heavy atom. The standard InChI is InChI=1S/C15H17BrN2O2S/c1-10-8-12(16)9-11(2)15(10)18-21(19,20)14-7-5-4-6-13(14)17-3/h4-9,17-18H,1-3H3. The van der Waals surface area contributed by atoms with Gasteiger partial charge in [-0.3, -0.25) is 4.72 Å². The van der Waals surface area contributed by atoms with Crippen LogP contribution in [0.15, 0.2) is 45.8 Å². The van der Waals surface area contributed by atoms with Crippen LogP contribution in [-0.2, 0) is 10.0 Å². The van der Waals surface area contributed by atoms with Crippen molar-refractivity contribution in [3.8, 4) is 0 Å². The van der Waals surface area contributed by atoms with Gasteiger partial charge in [0.15, 0.2) is 0 Å². The van der Waals surface area contributed by atoms with Crippen molar-refractivity contribution in [2.45, 2.75) is 18.7 Å². The van der Waals surface area contributed by atoms with Crippen LogP contribution in [0.4, 0.5) is 11.4 Å². The molecule has 112 valence electrons. The van der Waals surface area contributed by atoms with Gasteiger partial charge in [0.1, 0.15) is 4.90 Å². The van der Waals surface area contributed by atoms with Gasteiger partial charge in [-0.15, -0.1) is 0 Å². The molecular weight excluding hydrogens is 352 g/mol. The lowest BCUT2D eigenvalue weighted by molar-refractivity contribution is 0.601. The summed E-state index contributed by atoms with van der Waals surface area (Å²) < 4.78 is 28.8. The van der Waals surface area contributed by atoms with Gasteiger partial charge < -0.3 is 5.32 Å². The molecule has 2 aromatic carbocycles. The summed E-state index contributed by atoms with van der Waals surface area (Å²) in [6.07, 6.45) is 0. The van der Waals surface area contributed by atoms with Crippen LogP contribution in [0.25, 0.3) is 0 Å². The molecule has 0 heterocycles. The number of nitrogens with one attached hydrogen (secondary N) is 2. The Balaban J connectivity index is 2.48. The Morgan fingerprint density at radius 2 is 1.62 bits per heavy atom. The van der Waals surface area contributed by atoms with Gasteiger partial charge in [-0.25, -0.2) is 8.42 Å². The van der Waals surface area contributed by atoms with E-state index in [1.165, 1.54) is 0 Å². The van der Waals surface area contributed by atoms with E-state index in [4.69, 9.17) is 0 Å². The van der Waals surface area contributed by atoms with E-state index in [9.17, 15) is 8.42 Å². The third kappa shape index (κ3) is 3.39. The molecule has 4 nitrogen and oxygen atoms in total. The molecule has 0 aromatic heterocycles. The molecule has 0 spiro atoms. The number of rotatable bonds is 4. The normalized spacial score (nSPS) is 11.2. The lowest BCUT2D eigenvalue weighted by Gasteiger charge is -2.15. The van der Waals surface area contributed by atoms with E-state index < -0.39 is 10.0 Å². The molecule has 21 heavy (non-hydrogen) atoms. The van der Waals surface area contributed by atoms with Gasteiger partial charge in [-0.05, 0) is 49.2 Å². The molecule has 0 aliphatic rings. The SMILES string of the molecule is CNc1ccccc1S(=O)(=O)Nc1c(C)cc(Br)cc1C. The molecule has 0 amide bonds. The monoisotopic (exact) mass is 368 g/mol. The van der Waals surface area contributed by atoms with Gasteiger partial charge in [-0.2, -0.15) is 0 Å². The second-order valence-electron chi connectivity index (χ2n) is 4.77. The zero-order valence-corrected chi connectivity index (χ0v) is 14.5. The largest absolute Gasteiger partial charge is 0.387 e. The summed E-state index contributed by atoms with van der Waals surface area (Å²) in [5, 5.41) is 2.90. The summed E-state index contributed by atoms with van der Waals surface area (Å²) in [5.74, 6) is 0. The number of hydrogen-bond acceptors (Lipinski definition) is 3. The van der Waals surface area contributed by atoms with Gasteiger partial charge in [0, 0.05) is 11.5 Å². The second kappa shape index (κ2) is 6.07. The Morgan fingerprint density at radius 3 is 2.19 bits per heavy atom. The van der Waals surface area contributed by atoms with E-state index in [-0.39, 0.29) is 4.90 Å². The van der Waals surface area contributed by atoms with Crippen molar-refractivity contribution in [2.75, 3.05) is 17.1 Å². The maximum absolute atomic E-state index is 12.6. The second-order valence-corrected chi connectivity index (χ2v) is 7.33. The molecule has 2 rings (SSSR count). The van der Waals surface area contributed by atoms with Crippen molar-refractivity contribution in [1.82, 2.24) is 0 Å². The summed E-state index contributed by atoms with van der Waals surface area (Å²) in [5.41, 5.74) is 2.92. The minimum atomic E-state index is -3.64. The van der Waals surface area contributed by atoms with Crippen LogP contribution >= 0.6 is 15.9 Å². The molecule has 2 aromatic rings. The third-order valence-corrected chi connectivity index (χ3v) is 5.05. The number of sulfonamides is 1. The maximum Gasteiger partial charge on any atom is 0.263 e. The molecule has 0 atom stereocenters. The fraction of sp³-hybridized carbons (Fsp3) is 0.200. The summed E-state index contributed by atoms with van der Waals surface area (Å²) in [6, 6.07) is 10.6. The first-order valence-corrected chi connectivity index (χ1v) is 8.69. The Bertz CT molecular complexity index is 750. The van der Waals surface area contributed by atoms with Gasteiger partial charge >= 0.3 is 0 Å². The molecule has 0 bridgehead atoms. The summed E-state index contributed by atoms with van der Waals surface area (Å²) in [4.78, 5) is 0.231. The maximum atomic E-state index is 12.6. The van der Waals surface area contributed by atoms with Crippen LogP contribution in [0.5, 0.6) is 0 Å². The lowest BCUT2D eigenvalue weighted by Crippen LogP contribution is -2.16. The van der Waals surface area contributed by atoms with Crippen molar-refractivity contribution in [3.63, 3.8) is 0 Å². The predicted molar refractivity (Wildman–Crippen MR) is 90.4 cm³/mol. The first kappa shape index (κ1) is 15.9. The number of anilines is 2. The molecule has 0 unspecified atom stereocenters. The fourth-order valence-electron chi connectivity index (χ4n) is 2.17. The molecular formula is C15H17BrN2O2S. The number of benzene rings is 2. The highest BCUT2D eigenvalue weighted by Crippen LogP contribution is 2.29. The summed E-state index contributed by atoms with van der Waals surface area (Å²) in [7, 11) is -1.94. The van der Waals surface area contributed by atoms with Crippen LogP contribution in [0.1, 0.15) is 11.1 Å². The van der Waals surface area contributed by atoms with Crippen LogP contribution in [-0.4, -0.2) is 15.5 Å². The van der Waals surface area contributed by atoms with Crippen molar-refractivity contribution < 1.29 is 8.42 Å². The minimum absolute atomic E-state index is 0.231. The fourth-order valence-corrected chi connectivity index (χ4v) is 4.27. The first-order chi connectivity index (χ1) is 9.85. The molecule has 0 aliphatic heterocycles. The minimum Gasteiger partial charge on any atom is -0.387 e. The number of halogens is 1. The molecule has 0 saturated heterocycles. The van der Waals surface area contributed by atoms with Crippen molar-refractivity contribution in [1.29, 1.82) is 0 Å². The van der Waals surface area contributed by atoms with Crippen molar-refractivity contribution in [2.24, 2.45) is 0 Å². The van der Waals surface area contributed by atoms with E-state index in [1.54, 1.807) is 31.3 Å². The lowest BCUT2D eigenvalue weighted by atomic mass is 10.1. The van der Waals surface area contributed by atoms with Gasteiger partial charge in [0.2, 0.25) is 0 Å². The first-order valence-electron chi connectivity index (χ1n) is 6.41. The van der Waals surface area contributed by atoms with Crippen molar-refractivity contribution in [3.05, 3.63) is 52.0 Å². The van der Waals surface area contributed by atoms with Gasteiger partial charge in [0.05, 0.1) is 11.4 Å². The highest BCUT2D eigenvalue weighted by Gasteiger charge is 2.19. The van der Waals surface area contributed by atoms with Crippen LogP contribution in [0.3, 0.4) is 0 Å². The quantitative estimate of drug-likeness (QED) is 0.859. The van der Waals surface area contributed by atoms with E-state index in [0.717, 1.165) is 15.6 Å². The average Bonchev–Trinajstić information content (AvgIpc) is 2.43. The average molecular weight is 369 g/mol. The molecule has 2 N–H and O–H groups in total. The third-order valence-electron chi connectivity index (χ3n) is 3.18. The van der Waals surface area contributed by atoms with Crippen LogP contribution in [0.2, 0.25) is 0 Å². The number of para-hydroxylation sites is 1. The Labute approximate surface area is 133 Å². The van der Waals surface area contributed by atoms with Gasteiger partial charge in [0.25, 0.3) is 10.0 Å². The van der Waals surface area contributed by atoms with E-state index in [2.05, 4.69) is 26.0 Å². The Hall–Kier alpha value is -1.53. The highest BCUT2D eigenvalue weighted by atomic mass is 79.9. The molecule has 6 heteroatoms. The number of aryl methyl sites for hydroxylation is 2. The molecule has 0 fully saturated rings. The van der Waals surface area contributed by atoms with Gasteiger partial charge in [-0.1, -0.05) is 28.1 Å². The molecule has 0 aliphatic carbocycles. The number of hydrogen-bond donors (Lipinski definition) is 2. The van der Waals surface area contributed by atoms with E-state index >= 15 is 0 Å². The van der Waals surface area contributed by atoms with Crippen LogP contribution in [0, 0.1) is 13.8 Å². The van der Waals surface area contributed by atoms with E-state index in [1.807, 2.05) is 26.0 Å². The predicted octanol–water partition coefficient (Wildman–Crippen LogP) is 3.91. The zero-order valence-electron chi connectivity index (χ0n) is 12.1. The van der Waals surface area contributed by atoms with Crippen LogP contribution < -0.4 is 10.0 Å². The smallest absolute Gasteiger partial charge is 0.263 e. The Kier molecular flexibility index (Phi) is 4.58. The summed E-state index contributed by atoms with van der Waals surface area (Å²) in [6.45, 7) is 3.75.